The Kier molecular flexibility index (Phi) is 4.70. The minimum atomic E-state index is -1.14. The number of benzene rings is 1. The number of nitrogens with one attached hydrogen (secondary N) is 1. The van der Waals surface area contributed by atoms with E-state index >= 15 is 0 Å². The van der Waals surface area contributed by atoms with Gasteiger partial charge in [-0.05, 0) is 47.0 Å². The number of hydrogen-bond acceptors (Lipinski definition) is 2. The second kappa shape index (κ2) is 6.14. The summed E-state index contributed by atoms with van der Waals surface area (Å²) in [6, 6.07) is 4.78. The zero-order valence-electron chi connectivity index (χ0n) is 10.8. The van der Waals surface area contributed by atoms with E-state index in [1.807, 2.05) is 0 Å². The molecule has 1 aromatic carbocycles. The van der Waals surface area contributed by atoms with Crippen LogP contribution in [0.25, 0.3) is 0 Å². The highest BCUT2D eigenvalue weighted by Crippen LogP contribution is 2.29. The Balaban J connectivity index is 2.20. The molecule has 0 atom stereocenters. The monoisotopic (exact) mass is 359 g/mol. The summed E-state index contributed by atoms with van der Waals surface area (Å²) in [5, 5.41) is 12.6. The van der Waals surface area contributed by atoms with Gasteiger partial charge in [0.05, 0.1) is 5.02 Å². The number of aliphatic carboxylic acids is 1. The minimum absolute atomic E-state index is 0.383. The molecular formula is C14H15BrClNO3. The molecular weight excluding hydrogens is 346 g/mol. The van der Waals surface area contributed by atoms with Crippen molar-refractivity contribution in [3.8, 4) is 0 Å². The predicted octanol–water partition coefficient (Wildman–Crippen LogP) is 3.62. The summed E-state index contributed by atoms with van der Waals surface area (Å²) < 4.78 is 0.611. The van der Waals surface area contributed by atoms with Gasteiger partial charge in [0, 0.05) is 10.0 Å². The first-order chi connectivity index (χ1) is 9.44. The van der Waals surface area contributed by atoms with Crippen LogP contribution in [0.15, 0.2) is 22.7 Å². The molecule has 0 aromatic heterocycles. The van der Waals surface area contributed by atoms with Crippen LogP contribution < -0.4 is 5.32 Å². The smallest absolute Gasteiger partial charge is 0.329 e. The number of carbonyl (C=O) groups excluding carboxylic acids is 1. The van der Waals surface area contributed by atoms with E-state index < -0.39 is 11.5 Å². The fourth-order valence-corrected chi connectivity index (χ4v) is 2.97. The lowest BCUT2D eigenvalue weighted by atomic mass is 9.81. The lowest BCUT2D eigenvalue weighted by Crippen LogP contribution is -2.55. The summed E-state index contributed by atoms with van der Waals surface area (Å²) in [6.07, 6.45) is 3.59. The van der Waals surface area contributed by atoms with Gasteiger partial charge in [0.2, 0.25) is 0 Å². The number of rotatable bonds is 3. The molecule has 0 unspecified atom stereocenters. The highest BCUT2D eigenvalue weighted by Gasteiger charge is 2.41. The maximum absolute atomic E-state index is 12.2. The molecule has 0 saturated heterocycles. The van der Waals surface area contributed by atoms with Gasteiger partial charge in [0.15, 0.2) is 0 Å². The fraction of sp³-hybridized carbons (Fsp3) is 0.429. The van der Waals surface area contributed by atoms with E-state index in [9.17, 15) is 14.7 Å². The third-order valence-corrected chi connectivity index (χ3v) is 4.87. The molecule has 0 heterocycles. The Morgan fingerprint density at radius 2 is 1.90 bits per heavy atom. The predicted molar refractivity (Wildman–Crippen MR) is 80.1 cm³/mol. The number of amides is 1. The first-order valence-corrected chi connectivity index (χ1v) is 7.63. The molecule has 0 bridgehead atoms. The molecule has 2 rings (SSSR count). The van der Waals surface area contributed by atoms with Gasteiger partial charge >= 0.3 is 5.97 Å². The SMILES string of the molecule is O=C(NC1(C(=O)O)CCCCC1)c1ccc(Cl)c(Br)c1. The Morgan fingerprint density at radius 3 is 2.45 bits per heavy atom. The van der Waals surface area contributed by atoms with E-state index in [0.29, 0.717) is 27.9 Å². The summed E-state index contributed by atoms with van der Waals surface area (Å²) >= 11 is 9.14. The molecule has 6 heteroatoms. The highest BCUT2D eigenvalue weighted by molar-refractivity contribution is 9.10. The standard InChI is InChI=1S/C14H15BrClNO3/c15-10-8-9(4-5-11(10)16)12(18)17-14(13(19)20)6-2-1-3-7-14/h4-5,8H,1-3,6-7H2,(H,17,18)(H,19,20). The summed E-state index contributed by atoms with van der Waals surface area (Å²) in [6.45, 7) is 0. The van der Waals surface area contributed by atoms with Crippen molar-refractivity contribution in [2.75, 3.05) is 0 Å². The Labute approximate surface area is 130 Å². The van der Waals surface area contributed by atoms with E-state index in [1.165, 1.54) is 0 Å². The quantitative estimate of drug-likeness (QED) is 0.865. The summed E-state index contributed by atoms with van der Waals surface area (Å²) in [5.41, 5.74) is -0.742. The van der Waals surface area contributed by atoms with Gasteiger partial charge in [-0.2, -0.15) is 0 Å². The highest BCUT2D eigenvalue weighted by atomic mass is 79.9. The second-order valence-corrected chi connectivity index (χ2v) is 6.29. The summed E-state index contributed by atoms with van der Waals surface area (Å²) in [7, 11) is 0. The van der Waals surface area contributed by atoms with Crippen molar-refractivity contribution in [3.63, 3.8) is 0 Å². The van der Waals surface area contributed by atoms with Gasteiger partial charge in [-0.15, -0.1) is 0 Å². The zero-order valence-corrected chi connectivity index (χ0v) is 13.1. The molecule has 0 spiro atoms. The molecule has 1 aliphatic rings. The molecule has 0 aliphatic heterocycles. The average Bonchev–Trinajstić information content (AvgIpc) is 2.42. The van der Waals surface area contributed by atoms with E-state index in [0.717, 1.165) is 19.3 Å². The first kappa shape index (κ1) is 15.3. The second-order valence-electron chi connectivity index (χ2n) is 5.03. The lowest BCUT2D eigenvalue weighted by molar-refractivity contribution is -0.145. The van der Waals surface area contributed by atoms with Gasteiger partial charge in [-0.25, -0.2) is 4.79 Å². The van der Waals surface area contributed by atoms with E-state index in [-0.39, 0.29) is 5.91 Å². The maximum Gasteiger partial charge on any atom is 0.329 e. The van der Waals surface area contributed by atoms with Crippen molar-refractivity contribution in [1.82, 2.24) is 5.32 Å². The normalized spacial score (nSPS) is 17.5. The molecule has 0 radical (unpaired) electrons. The number of carboxylic acid groups (broad SMARTS) is 1. The maximum atomic E-state index is 12.2. The molecule has 4 nitrogen and oxygen atoms in total. The van der Waals surface area contributed by atoms with Crippen LogP contribution in [0.5, 0.6) is 0 Å². The molecule has 1 fully saturated rings. The number of carbonyl (C=O) groups is 2. The van der Waals surface area contributed by atoms with Crippen molar-refractivity contribution in [3.05, 3.63) is 33.3 Å². The van der Waals surface area contributed by atoms with Crippen LogP contribution in [0.4, 0.5) is 0 Å². The average molecular weight is 361 g/mol. The third kappa shape index (κ3) is 3.15. The van der Waals surface area contributed by atoms with E-state index in [1.54, 1.807) is 18.2 Å². The molecule has 1 saturated carbocycles. The van der Waals surface area contributed by atoms with Gasteiger partial charge in [0.25, 0.3) is 5.91 Å². The van der Waals surface area contributed by atoms with Crippen LogP contribution in [0, 0.1) is 0 Å². The van der Waals surface area contributed by atoms with Gasteiger partial charge in [-0.3, -0.25) is 4.79 Å². The molecule has 20 heavy (non-hydrogen) atoms. The number of hydrogen-bond donors (Lipinski definition) is 2. The molecule has 1 amide bonds. The van der Waals surface area contributed by atoms with Crippen molar-refractivity contribution in [2.24, 2.45) is 0 Å². The topological polar surface area (TPSA) is 66.4 Å². The van der Waals surface area contributed by atoms with E-state index in [2.05, 4.69) is 21.2 Å². The summed E-state index contributed by atoms with van der Waals surface area (Å²) in [5.74, 6) is -1.34. The van der Waals surface area contributed by atoms with Crippen LogP contribution in [0.3, 0.4) is 0 Å². The number of carboxylic acids is 1. The molecule has 2 N–H and O–H groups in total. The van der Waals surface area contributed by atoms with Crippen LogP contribution in [-0.2, 0) is 4.79 Å². The van der Waals surface area contributed by atoms with Crippen LogP contribution in [0.2, 0.25) is 5.02 Å². The molecule has 108 valence electrons. The Bertz CT molecular complexity index is 541. The van der Waals surface area contributed by atoms with Gasteiger partial charge in [0.1, 0.15) is 5.54 Å². The Hall–Kier alpha value is -1.07. The third-order valence-electron chi connectivity index (χ3n) is 3.65. The van der Waals surface area contributed by atoms with Gasteiger partial charge in [-0.1, -0.05) is 30.9 Å². The van der Waals surface area contributed by atoms with Crippen molar-refractivity contribution in [1.29, 1.82) is 0 Å². The largest absolute Gasteiger partial charge is 0.480 e. The van der Waals surface area contributed by atoms with Crippen LogP contribution in [-0.4, -0.2) is 22.5 Å². The Morgan fingerprint density at radius 1 is 1.25 bits per heavy atom. The summed E-state index contributed by atoms with van der Waals surface area (Å²) in [4.78, 5) is 23.8. The molecule has 1 aliphatic carbocycles. The van der Waals surface area contributed by atoms with Crippen molar-refractivity contribution >= 4 is 39.4 Å². The van der Waals surface area contributed by atoms with Crippen molar-refractivity contribution < 1.29 is 14.7 Å². The van der Waals surface area contributed by atoms with E-state index in [4.69, 9.17) is 11.6 Å². The first-order valence-electron chi connectivity index (χ1n) is 6.45. The zero-order chi connectivity index (χ0) is 14.8. The molecule has 1 aromatic rings. The lowest BCUT2D eigenvalue weighted by Gasteiger charge is -2.34. The van der Waals surface area contributed by atoms with Gasteiger partial charge < -0.3 is 10.4 Å². The van der Waals surface area contributed by atoms with Crippen LogP contribution in [0.1, 0.15) is 42.5 Å². The fourth-order valence-electron chi connectivity index (χ4n) is 2.47. The number of halogens is 2. The van der Waals surface area contributed by atoms with Crippen LogP contribution >= 0.6 is 27.5 Å². The van der Waals surface area contributed by atoms with Crippen molar-refractivity contribution in [2.45, 2.75) is 37.6 Å². The minimum Gasteiger partial charge on any atom is -0.480 e.